The van der Waals surface area contributed by atoms with Crippen LogP contribution in [0.15, 0.2) is 0 Å². The van der Waals surface area contributed by atoms with Crippen molar-refractivity contribution in [2.24, 2.45) is 0 Å². The molecule has 0 radical (unpaired) electrons. The van der Waals surface area contributed by atoms with Crippen molar-refractivity contribution in [3.63, 3.8) is 0 Å². The van der Waals surface area contributed by atoms with Crippen molar-refractivity contribution in [2.75, 3.05) is 59.0 Å². The zero-order valence-corrected chi connectivity index (χ0v) is 13.9. The van der Waals surface area contributed by atoms with Gasteiger partial charge in [-0.1, -0.05) is 20.3 Å². The number of rotatable bonds is 11. The first-order chi connectivity index (χ1) is 9.77. The predicted octanol–water partition coefficient (Wildman–Crippen LogP) is 1.81. The number of nitrogens with zero attached hydrogens (tertiary/aromatic N) is 2. The molecule has 1 aliphatic heterocycles. The molecule has 0 saturated carbocycles. The summed E-state index contributed by atoms with van der Waals surface area (Å²) in [5, 5.41) is 3.47. The molecule has 0 amide bonds. The van der Waals surface area contributed by atoms with Crippen molar-refractivity contribution in [1.82, 2.24) is 15.1 Å². The summed E-state index contributed by atoms with van der Waals surface area (Å²) < 4.78 is 5.54. The van der Waals surface area contributed by atoms with E-state index >= 15 is 0 Å². The van der Waals surface area contributed by atoms with E-state index in [2.05, 4.69) is 35.9 Å². The highest BCUT2D eigenvalue weighted by Crippen LogP contribution is 2.07. The Hall–Kier alpha value is -0.160. The van der Waals surface area contributed by atoms with Crippen molar-refractivity contribution in [1.29, 1.82) is 0 Å². The quantitative estimate of drug-likeness (QED) is 0.586. The standard InChI is InChI=1S/C16H35N3O/c1-4-6-14-20-15-8-17-7-9-18-10-12-19(13-11-18)16(3)5-2/h16-17H,4-15H2,1-3H3. The summed E-state index contributed by atoms with van der Waals surface area (Å²) in [6, 6.07) is 0.746. The van der Waals surface area contributed by atoms with Crippen LogP contribution in [0, 0.1) is 0 Å². The maximum absolute atomic E-state index is 5.54. The number of nitrogens with one attached hydrogen (secondary N) is 1. The molecule has 1 atom stereocenters. The van der Waals surface area contributed by atoms with Crippen LogP contribution < -0.4 is 5.32 Å². The van der Waals surface area contributed by atoms with Gasteiger partial charge in [-0.15, -0.1) is 0 Å². The summed E-state index contributed by atoms with van der Waals surface area (Å²) in [5.41, 5.74) is 0. The van der Waals surface area contributed by atoms with Crippen LogP contribution in [-0.4, -0.2) is 74.9 Å². The van der Waals surface area contributed by atoms with Gasteiger partial charge in [0.25, 0.3) is 0 Å². The van der Waals surface area contributed by atoms with E-state index in [1.807, 2.05) is 0 Å². The highest BCUT2D eigenvalue weighted by Gasteiger charge is 2.19. The van der Waals surface area contributed by atoms with Crippen LogP contribution >= 0.6 is 0 Å². The van der Waals surface area contributed by atoms with E-state index in [0.29, 0.717) is 0 Å². The minimum atomic E-state index is 0.746. The molecular formula is C16H35N3O. The van der Waals surface area contributed by atoms with Crippen molar-refractivity contribution in [3.8, 4) is 0 Å². The van der Waals surface area contributed by atoms with E-state index < -0.39 is 0 Å². The van der Waals surface area contributed by atoms with E-state index in [-0.39, 0.29) is 0 Å². The van der Waals surface area contributed by atoms with Crippen molar-refractivity contribution >= 4 is 0 Å². The average molecular weight is 285 g/mol. The summed E-state index contributed by atoms with van der Waals surface area (Å²) in [6.07, 6.45) is 3.66. The van der Waals surface area contributed by atoms with Crippen LogP contribution in [0.5, 0.6) is 0 Å². The van der Waals surface area contributed by atoms with Crippen LogP contribution in [0.2, 0.25) is 0 Å². The molecule has 0 aromatic heterocycles. The number of ether oxygens (including phenoxy) is 1. The van der Waals surface area contributed by atoms with Crippen molar-refractivity contribution in [3.05, 3.63) is 0 Å². The molecule has 1 aliphatic rings. The molecule has 120 valence electrons. The SMILES string of the molecule is CCCCOCCNCCN1CCN(C(C)CC)CC1. The second-order valence-corrected chi connectivity index (χ2v) is 5.85. The van der Waals surface area contributed by atoms with Gasteiger partial charge >= 0.3 is 0 Å². The Morgan fingerprint density at radius 3 is 2.45 bits per heavy atom. The normalized spacial score (nSPS) is 19.4. The Morgan fingerprint density at radius 2 is 1.80 bits per heavy atom. The fourth-order valence-corrected chi connectivity index (χ4v) is 2.54. The first-order valence-corrected chi connectivity index (χ1v) is 8.52. The molecule has 4 heteroatoms. The molecule has 4 nitrogen and oxygen atoms in total. The molecule has 1 rings (SSSR count). The molecule has 20 heavy (non-hydrogen) atoms. The molecule has 0 aromatic rings. The summed E-state index contributed by atoms with van der Waals surface area (Å²) >= 11 is 0. The van der Waals surface area contributed by atoms with Gasteiger partial charge in [0, 0.05) is 58.5 Å². The topological polar surface area (TPSA) is 27.7 Å². The minimum Gasteiger partial charge on any atom is -0.380 e. The zero-order chi connectivity index (χ0) is 14.6. The lowest BCUT2D eigenvalue weighted by molar-refractivity contribution is 0.0995. The molecule has 0 bridgehead atoms. The lowest BCUT2D eigenvalue weighted by Crippen LogP contribution is -2.50. The molecule has 1 unspecified atom stereocenters. The van der Waals surface area contributed by atoms with Crippen LogP contribution in [-0.2, 0) is 4.74 Å². The number of hydrogen-bond acceptors (Lipinski definition) is 4. The van der Waals surface area contributed by atoms with Gasteiger partial charge in [-0.2, -0.15) is 0 Å². The van der Waals surface area contributed by atoms with Gasteiger partial charge in [0.1, 0.15) is 0 Å². The third kappa shape index (κ3) is 7.58. The van der Waals surface area contributed by atoms with Gasteiger partial charge in [-0.25, -0.2) is 0 Å². The summed E-state index contributed by atoms with van der Waals surface area (Å²) in [4.78, 5) is 5.19. The highest BCUT2D eigenvalue weighted by molar-refractivity contribution is 4.75. The van der Waals surface area contributed by atoms with Gasteiger partial charge in [-0.05, 0) is 19.8 Å². The molecule has 0 aromatic carbocycles. The number of piperazine rings is 1. The second kappa shape index (κ2) is 11.5. The summed E-state index contributed by atoms with van der Waals surface area (Å²) in [5.74, 6) is 0. The lowest BCUT2D eigenvalue weighted by atomic mass is 10.2. The summed E-state index contributed by atoms with van der Waals surface area (Å²) in [7, 11) is 0. The molecule has 1 N–H and O–H groups in total. The van der Waals surface area contributed by atoms with Gasteiger partial charge < -0.3 is 10.1 Å². The Morgan fingerprint density at radius 1 is 1.05 bits per heavy atom. The van der Waals surface area contributed by atoms with Crippen LogP contribution in [0.25, 0.3) is 0 Å². The largest absolute Gasteiger partial charge is 0.380 e. The van der Waals surface area contributed by atoms with Gasteiger partial charge in [0.05, 0.1) is 6.61 Å². The van der Waals surface area contributed by atoms with E-state index in [1.54, 1.807) is 0 Å². The monoisotopic (exact) mass is 285 g/mol. The van der Waals surface area contributed by atoms with E-state index in [9.17, 15) is 0 Å². The zero-order valence-electron chi connectivity index (χ0n) is 13.9. The summed E-state index contributed by atoms with van der Waals surface area (Å²) in [6.45, 7) is 16.7. The molecule has 0 spiro atoms. The van der Waals surface area contributed by atoms with E-state index in [4.69, 9.17) is 4.74 Å². The number of unbranched alkanes of at least 4 members (excludes halogenated alkanes) is 1. The van der Waals surface area contributed by atoms with Crippen molar-refractivity contribution in [2.45, 2.75) is 46.1 Å². The van der Waals surface area contributed by atoms with Gasteiger partial charge in [0.15, 0.2) is 0 Å². The minimum absolute atomic E-state index is 0.746. The Balaban J connectivity index is 1.91. The molecule has 1 heterocycles. The van der Waals surface area contributed by atoms with Gasteiger partial charge in [-0.3, -0.25) is 9.80 Å². The fraction of sp³-hybridized carbons (Fsp3) is 1.00. The van der Waals surface area contributed by atoms with Crippen molar-refractivity contribution < 1.29 is 4.74 Å². The highest BCUT2D eigenvalue weighted by atomic mass is 16.5. The molecular weight excluding hydrogens is 250 g/mol. The average Bonchev–Trinajstić information content (AvgIpc) is 2.50. The van der Waals surface area contributed by atoms with Gasteiger partial charge in [0.2, 0.25) is 0 Å². The first kappa shape index (κ1) is 17.9. The van der Waals surface area contributed by atoms with Crippen LogP contribution in [0.4, 0.5) is 0 Å². The Labute approximate surface area is 125 Å². The molecule has 1 saturated heterocycles. The predicted molar refractivity (Wildman–Crippen MR) is 86.4 cm³/mol. The molecule has 1 fully saturated rings. The maximum Gasteiger partial charge on any atom is 0.0590 e. The Bertz CT molecular complexity index is 218. The first-order valence-electron chi connectivity index (χ1n) is 8.52. The fourth-order valence-electron chi connectivity index (χ4n) is 2.54. The number of hydrogen-bond donors (Lipinski definition) is 1. The third-order valence-corrected chi connectivity index (χ3v) is 4.29. The lowest BCUT2D eigenvalue weighted by Gasteiger charge is -2.37. The molecule has 0 aliphatic carbocycles. The van der Waals surface area contributed by atoms with Crippen LogP contribution in [0.3, 0.4) is 0 Å². The van der Waals surface area contributed by atoms with E-state index in [0.717, 1.165) is 32.3 Å². The smallest absolute Gasteiger partial charge is 0.0590 e. The van der Waals surface area contributed by atoms with E-state index in [1.165, 1.54) is 52.0 Å². The Kier molecular flexibility index (Phi) is 10.3. The maximum atomic E-state index is 5.54. The third-order valence-electron chi connectivity index (χ3n) is 4.29. The van der Waals surface area contributed by atoms with Crippen LogP contribution in [0.1, 0.15) is 40.0 Å². The second-order valence-electron chi connectivity index (χ2n) is 5.85.